The summed E-state index contributed by atoms with van der Waals surface area (Å²) in [5.41, 5.74) is 0. The van der Waals surface area contributed by atoms with Crippen molar-refractivity contribution in [3.05, 3.63) is 0 Å². The minimum Gasteiger partial charge on any atom is -0.364 e. The van der Waals surface area contributed by atoms with Crippen LogP contribution < -0.4 is 0 Å². The van der Waals surface area contributed by atoms with Crippen molar-refractivity contribution in [1.82, 2.24) is 9.80 Å². The molecule has 0 unspecified atom stereocenters. The Morgan fingerprint density at radius 3 is 1.58 bits per heavy atom. The molecule has 0 aliphatic rings. The van der Waals surface area contributed by atoms with Crippen LogP contribution in [0, 0.1) is 0 Å². The van der Waals surface area contributed by atoms with Gasteiger partial charge in [0, 0.05) is 28.2 Å². The van der Waals surface area contributed by atoms with E-state index in [1.165, 1.54) is 35.3 Å². The molecule has 0 spiro atoms. The van der Waals surface area contributed by atoms with Crippen molar-refractivity contribution >= 4 is 76.0 Å². The molecule has 0 N–H and O–H groups in total. The van der Waals surface area contributed by atoms with Crippen LogP contribution in [0.25, 0.3) is 0 Å². The van der Waals surface area contributed by atoms with Gasteiger partial charge < -0.3 is 18.8 Å². The highest BCUT2D eigenvalue weighted by Gasteiger charge is 2.55. The van der Waals surface area contributed by atoms with Crippen molar-refractivity contribution < 1.29 is 13.6 Å². The van der Waals surface area contributed by atoms with E-state index in [4.69, 9.17) is 33.5 Å². The van der Waals surface area contributed by atoms with Gasteiger partial charge in [0.25, 0.3) is 0 Å². The third-order valence-electron chi connectivity index (χ3n) is 2.42. The number of hydrogen-bond acceptors (Lipinski definition) is 8. The molecule has 0 amide bonds. The standard InChI is InChI=1S/C13H27N2O3PS5/c1-8-17-19(16,18-9-2)13(22-10-3,23-11(20)14(4)5)24-12(21)15(6)7/h8-10H2,1-7H3. The predicted octanol–water partition coefficient (Wildman–Crippen LogP) is 4.78. The van der Waals surface area contributed by atoms with Crippen LogP contribution in [0.15, 0.2) is 0 Å². The summed E-state index contributed by atoms with van der Waals surface area (Å²) in [7, 11) is 3.93. The molecule has 0 saturated heterocycles. The SMILES string of the molecule is CCOP(=O)(OCC)C(SCC)(SC(=S)N(C)C)SC(=S)N(C)C. The number of hydrogen-bond donors (Lipinski definition) is 0. The molecular weight excluding hydrogens is 423 g/mol. The first kappa shape index (κ1) is 25.0. The monoisotopic (exact) mass is 450 g/mol. The maximum absolute atomic E-state index is 13.7. The summed E-state index contributed by atoms with van der Waals surface area (Å²) in [6, 6.07) is 0. The van der Waals surface area contributed by atoms with Crippen molar-refractivity contribution in [2.45, 2.75) is 23.9 Å². The van der Waals surface area contributed by atoms with E-state index in [1.807, 2.05) is 44.9 Å². The van der Waals surface area contributed by atoms with Gasteiger partial charge in [-0.25, -0.2) is 0 Å². The average molecular weight is 451 g/mol. The molecule has 24 heavy (non-hydrogen) atoms. The fraction of sp³-hybridized carbons (Fsp3) is 0.846. The van der Waals surface area contributed by atoms with Gasteiger partial charge in [0.05, 0.1) is 13.2 Å². The van der Waals surface area contributed by atoms with Gasteiger partial charge in [-0.3, -0.25) is 4.57 Å². The summed E-state index contributed by atoms with van der Waals surface area (Å²) in [6.45, 7) is 6.18. The second kappa shape index (κ2) is 11.6. The zero-order chi connectivity index (χ0) is 19.0. The first-order chi connectivity index (χ1) is 11.1. The lowest BCUT2D eigenvalue weighted by atomic mass is 10.9. The second-order valence-corrected chi connectivity index (χ2v) is 13.9. The maximum atomic E-state index is 13.7. The minimum absolute atomic E-state index is 0.286. The molecule has 0 aromatic rings. The molecule has 0 saturated carbocycles. The number of nitrogens with zero attached hydrogens (tertiary/aromatic N) is 2. The lowest BCUT2D eigenvalue weighted by Gasteiger charge is -2.38. The van der Waals surface area contributed by atoms with Crippen molar-refractivity contribution in [3.63, 3.8) is 0 Å². The highest BCUT2D eigenvalue weighted by atomic mass is 32.3. The van der Waals surface area contributed by atoms with Gasteiger partial charge in [-0.05, 0) is 19.6 Å². The third-order valence-corrected chi connectivity index (χ3v) is 12.4. The summed E-state index contributed by atoms with van der Waals surface area (Å²) in [5.74, 6) is 0.718. The van der Waals surface area contributed by atoms with Gasteiger partial charge in [0.15, 0.2) is 0 Å². The van der Waals surface area contributed by atoms with Crippen molar-refractivity contribution in [2.24, 2.45) is 0 Å². The zero-order valence-electron chi connectivity index (χ0n) is 15.2. The summed E-state index contributed by atoms with van der Waals surface area (Å²) < 4.78 is 25.2. The van der Waals surface area contributed by atoms with Gasteiger partial charge >= 0.3 is 7.60 Å². The van der Waals surface area contributed by atoms with Crippen molar-refractivity contribution in [1.29, 1.82) is 0 Å². The van der Waals surface area contributed by atoms with Crippen LogP contribution >= 0.6 is 67.3 Å². The van der Waals surface area contributed by atoms with Crippen LogP contribution in [0.2, 0.25) is 0 Å². The first-order valence-corrected chi connectivity index (χ1v) is 12.4. The van der Waals surface area contributed by atoms with Gasteiger partial charge in [-0.1, -0.05) is 54.9 Å². The maximum Gasteiger partial charge on any atom is 0.367 e. The number of thioether (sulfide) groups is 3. The molecule has 0 radical (unpaired) electrons. The molecule has 0 atom stereocenters. The van der Waals surface area contributed by atoms with E-state index in [9.17, 15) is 4.57 Å². The highest BCUT2D eigenvalue weighted by Crippen LogP contribution is 2.74. The zero-order valence-corrected chi connectivity index (χ0v) is 20.2. The Labute approximate surface area is 169 Å². The predicted molar refractivity (Wildman–Crippen MR) is 119 cm³/mol. The Bertz CT molecular complexity index is 445. The molecule has 11 heteroatoms. The largest absolute Gasteiger partial charge is 0.367 e. The van der Waals surface area contributed by atoms with Crippen LogP contribution in [0.1, 0.15) is 20.8 Å². The molecule has 0 aliphatic heterocycles. The van der Waals surface area contributed by atoms with Gasteiger partial charge in [0.1, 0.15) is 8.64 Å². The molecule has 5 nitrogen and oxygen atoms in total. The highest BCUT2D eigenvalue weighted by molar-refractivity contribution is 8.51. The summed E-state index contributed by atoms with van der Waals surface area (Å²) in [5, 5.41) is 0. The quantitative estimate of drug-likeness (QED) is 0.278. The molecule has 142 valence electrons. The topological polar surface area (TPSA) is 42.0 Å². The Morgan fingerprint density at radius 2 is 1.33 bits per heavy atom. The van der Waals surface area contributed by atoms with Gasteiger partial charge in [-0.2, -0.15) is 0 Å². The summed E-state index contributed by atoms with van der Waals surface area (Å²) in [4.78, 5) is 3.62. The van der Waals surface area contributed by atoms with Crippen LogP contribution in [0.4, 0.5) is 0 Å². The van der Waals surface area contributed by atoms with Crippen LogP contribution in [0.3, 0.4) is 0 Å². The minimum atomic E-state index is -3.50. The second-order valence-electron chi connectivity index (χ2n) is 4.81. The molecule has 0 aliphatic carbocycles. The molecule has 0 fully saturated rings. The van der Waals surface area contributed by atoms with E-state index in [0.29, 0.717) is 8.64 Å². The lowest BCUT2D eigenvalue weighted by Crippen LogP contribution is -2.30. The van der Waals surface area contributed by atoms with Crippen molar-refractivity contribution in [3.8, 4) is 0 Å². The van der Waals surface area contributed by atoms with Gasteiger partial charge in [-0.15, -0.1) is 11.8 Å². The fourth-order valence-electron chi connectivity index (χ4n) is 1.39. The normalized spacial score (nSPS) is 12.1. The Hall–Kier alpha value is 0.980. The fourth-order valence-corrected chi connectivity index (χ4v) is 11.1. The smallest absolute Gasteiger partial charge is 0.364 e. The third kappa shape index (κ3) is 6.95. The van der Waals surface area contributed by atoms with E-state index in [2.05, 4.69) is 0 Å². The van der Waals surface area contributed by atoms with E-state index >= 15 is 0 Å². The summed E-state index contributed by atoms with van der Waals surface area (Å²) >= 11 is 15.1. The Morgan fingerprint density at radius 1 is 0.958 bits per heavy atom. The van der Waals surface area contributed by atoms with Crippen molar-refractivity contribution in [2.75, 3.05) is 47.2 Å². The van der Waals surface area contributed by atoms with E-state index in [1.54, 1.807) is 13.8 Å². The number of thiocarbonyl (C=S) groups is 2. The van der Waals surface area contributed by atoms with E-state index in [-0.39, 0.29) is 13.2 Å². The number of rotatable bonds is 9. The molecule has 0 aromatic carbocycles. The molecular formula is C13H27N2O3PS5. The lowest BCUT2D eigenvalue weighted by molar-refractivity contribution is 0.221. The molecule has 0 bridgehead atoms. The molecule has 0 heterocycles. The Kier molecular flexibility index (Phi) is 12.1. The van der Waals surface area contributed by atoms with E-state index in [0.717, 1.165) is 5.75 Å². The van der Waals surface area contributed by atoms with Crippen LogP contribution in [0.5, 0.6) is 0 Å². The molecule has 0 rings (SSSR count). The van der Waals surface area contributed by atoms with Crippen LogP contribution in [-0.2, 0) is 13.6 Å². The van der Waals surface area contributed by atoms with Gasteiger partial charge in [0.2, 0.25) is 3.15 Å². The van der Waals surface area contributed by atoms with E-state index < -0.39 is 10.7 Å². The van der Waals surface area contributed by atoms with Crippen LogP contribution in [-0.4, -0.2) is 68.8 Å². The first-order valence-electron chi connectivity index (χ1n) is 7.42. The Balaban J connectivity index is 6.08. The summed E-state index contributed by atoms with van der Waals surface area (Å²) in [6.07, 6.45) is 0. The molecule has 0 aromatic heterocycles. The average Bonchev–Trinajstić information content (AvgIpc) is 2.47.